The molecule has 0 fully saturated rings. The van der Waals surface area contributed by atoms with Gasteiger partial charge in [0.25, 0.3) is 0 Å². The van der Waals surface area contributed by atoms with E-state index in [1.807, 2.05) is 29.9 Å². The van der Waals surface area contributed by atoms with Crippen LogP contribution in [0.4, 0.5) is 0 Å². The molecule has 0 saturated carbocycles. The van der Waals surface area contributed by atoms with Gasteiger partial charge in [0.15, 0.2) is 5.96 Å². The van der Waals surface area contributed by atoms with Crippen LogP contribution in [0, 0.1) is 0 Å². The smallest absolute Gasteiger partial charge is 0.191 e. The standard InChI is InChI=1S/C14H20ClN5OS.HI/c1-2-16-14(17-7-9-20-8-3-6-19-20)18-10-11(21)12-4-5-13(15)22-12;/h3-6,8,11,21H,2,7,9-10H2,1H3,(H2,16,17,18);1H. The molecule has 2 aromatic rings. The van der Waals surface area contributed by atoms with E-state index in [0.29, 0.717) is 16.8 Å². The topological polar surface area (TPSA) is 74.5 Å². The van der Waals surface area contributed by atoms with Crippen LogP contribution >= 0.6 is 46.9 Å². The van der Waals surface area contributed by atoms with Crippen LogP contribution < -0.4 is 10.6 Å². The van der Waals surface area contributed by atoms with Crippen LogP contribution in [0.15, 0.2) is 35.6 Å². The predicted octanol–water partition coefficient (Wildman–Crippen LogP) is 2.50. The van der Waals surface area contributed by atoms with Gasteiger partial charge in [-0.25, -0.2) is 0 Å². The molecular weight excluding hydrogens is 449 g/mol. The second kappa shape index (κ2) is 10.8. The summed E-state index contributed by atoms with van der Waals surface area (Å²) in [7, 11) is 0. The number of aliphatic hydroxyl groups excluding tert-OH is 1. The van der Waals surface area contributed by atoms with E-state index in [9.17, 15) is 5.11 Å². The van der Waals surface area contributed by atoms with E-state index >= 15 is 0 Å². The van der Waals surface area contributed by atoms with Crippen molar-refractivity contribution < 1.29 is 5.11 Å². The van der Waals surface area contributed by atoms with Crippen LogP contribution in [-0.2, 0) is 6.54 Å². The van der Waals surface area contributed by atoms with E-state index in [-0.39, 0.29) is 30.5 Å². The lowest BCUT2D eigenvalue weighted by Gasteiger charge is -2.12. The zero-order valence-corrected chi connectivity index (χ0v) is 16.7. The minimum atomic E-state index is -0.640. The highest BCUT2D eigenvalue weighted by molar-refractivity contribution is 14.0. The molecule has 1 unspecified atom stereocenters. The summed E-state index contributed by atoms with van der Waals surface area (Å²) in [5.41, 5.74) is 0. The van der Waals surface area contributed by atoms with Crippen molar-refractivity contribution in [1.29, 1.82) is 0 Å². The summed E-state index contributed by atoms with van der Waals surface area (Å²) in [6.07, 6.45) is 3.02. The maximum Gasteiger partial charge on any atom is 0.191 e. The van der Waals surface area contributed by atoms with Crippen LogP contribution in [0.1, 0.15) is 17.9 Å². The molecule has 0 aromatic carbocycles. The monoisotopic (exact) mass is 469 g/mol. The molecule has 2 aromatic heterocycles. The molecule has 0 radical (unpaired) electrons. The number of thiophene rings is 1. The molecule has 0 aliphatic carbocycles. The highest BCUT2D eigenvalue weighted by atomic mass is 127. The van der Waals surface area contributed by atoms with Gasteiger partial charge in [-0.2, -0.15) is 5.10 Å². The lowest BCUT2D eigenvalue weighted by atomic mass is 10.3. The number of aromatic nitrogens is 2. The first-order chi connectivity index (χ1) is 10.7. The number of aliphatic imine (C=N–C) groups is 1. The molecule has 2 heterocycles. The van der Waals surface area contributed by atoms with E-state index in [4.69, 9.17) is 11.6 Å². The Morgan fingerprint density at radius 2 is 2.30 bits per heavy atom. The van der Waals surface area contributed by atoms with Gasteiger partial charge >= 0.3 is 0 Å². The van der Waals surface area contributed by atoms with Gasteiger partial charge in [0.05, 0.1) is 17.4 Å². The second-order valence-electron chi connectivity index (χ2n) is 4.57. The summed E-state index contributed by atoms with van der Waals surface area (Å²) in [5, 5.41) is 20.6. The first-order valence-corrected chi connectivity index (χ1v) is 8.31. The van der Waals surface area contributed by atoms with Gasteiger partial charge in [0.1, 0.15) is 6.10 Å². The first kappa shape index (κ1) is 20.2. The maximum atomic E-state index is 10.1. The summed E-state index contributed by atoms with van der Waals surface area (Å²) in [6.45, 7) is 4.50. The van der Waals surface area contributed by atoms with E-state index in [1.54, 1.807) is 12.3 Å². The molecular formula is C14H21ClIN5OS. The Bertz CT molecular complexity index is 590. The fraction of sp³-hybridized carbons (Fsp3) is 0.429. The van der Waals surface area contributed by atoms with Gasteiger partial charge in [-0.15, -0.1) is 35.3 Å². The Kier molecular flexibility index (Phi) is 9.53. The summed E-state index contributed by atoms with van der Waals surface area (Å²) >= 11 is 7.24. The first-order valence-electron chi connectivity index (χ1n) is 7.12. The normalized spacial score (nSPS) is 12.6. The molecule has 0 aliphatic rings. The number of rotatable bonds is 7. The Balaban J connectivity index is 0.00000264. The van der Waals surface area contributed by atoms with Crippen LogP contribution in [0.5, 0.6) is 0 Å². The Labute approximate surface area is 162 Å². The molecule has 0 amide bonds. The third-order valence-electron chi connectivity index (χ3n) is 2.88. The fourth-order valence-corrected chi connectivity index (χ4v) is 2.88. The van der Waals surface area contributed by atoms with Crippen molar-refractivity contribution in [2.45, 2.75) is 19.6 Å². The third kappa shape index (κ3) is 7.06. The molecule has 6 nitrogen and oxygen atoms in total. The highest BCUT2D eigenvalue weighted by Gasteiger charge is 2.10. The van der Waals surface area contributed by atoms with Crippen LogP contribution in [0.2, 0.25) is 4.34 Å². The number of nitrogens with one attached hydrogen (secondary N) is 2. The minimum Gasteiger partial charge on any atom is -0.386 e. The van der Waals surface area contributed by atoms with E-state index in [1.165, 1.54) is 11.3 Å². The number of hydrogen-bond acceptors (Lipinski definition) is 4. The molecule has 0 spiro atoms. The van der Waals surface area contributed by atoms with Crippen LogP contribution in [0.3, 0.4) is 0 Å². The summed E-state index contributed by atoms with van der Waals surface area (Å²) in [4.78, 5) is 5.22. The van der Waals surface area contributed by atoms with Gasteiger partial charge < -0.3 is 15.7 Å². The van der Waals surface area contributed by atoms with Gasteiger partial charge in [-0.3, -0.25) is 9.67 Å². The number of hydrogen-bond donors (Lipinski definition) is 3. The number of guanidine groups is 1. The second-order valence-corrected chi connectivity index (χ2v) is 6.32. The summed E-state index contributed by atoms with van der Waals surface area (Å²) in [5.74, 6) is 0.677. The van der Waals surface area contributed by atoms with Crippen molar-refractivity contribution in [1.82, 2.24) is 20.4 Å². The fourth-order valence-electron chi connectivity index (χ4n) is 1.84. The lowest BCUT2D eigenvalue weighted by molar-refractivity contribution is 0.191. The van der Waals surface area contributed by atoms with E-state index in [2.05, 4.69) is 20.7 Å². The van der Waals surface area contributed by atoms with Crippen LogP contribution in [0.25, 0.3) is 0 Å². The third-order valence-corrected chi connectivity index (χ3v) is 4.21. The maximum absolute atomic E-state index is 10.1. The van der Waals surface area contributed by atoms with Crippen molar-refractivity contribution in [2.24, 2.45) is 4.99 Å². The Hall–Kier alpha value is -0.840. The van der Waals surface area contributed by atoms with Crippen molar-refractivity contribution in [3.63, 3.8) is 0 Å². The molecule has 0 saturated heterocycles. The lowest BCUT2D eigenvalue weighted by Crippen LogP contribution is -2.39. The summed E-state index contributed by atoms with van der Waals surface area (Å²) < 4.78 is 2.52. The van der Waals surface area contributed by atoms with Crippen LogP contribution in [-0.4, -0.2) is 40.5 Å². The highest BCUT2D eigenvalue weighted by Crippen LogP contribution is 2.26. The molecule has 3 N–H and O–H groups in total. The Morgan fingerprint density at radius 3 is 2.91 bits per heavy atom. The largest absolute Gasteiger partial charge is 0.386 e. The van der Waals surface area contributed by atoms with Gasteiger partial charge in [-0.1, -0.05) is 11.6 Å². The zero-order chi connectivity index (χ0) is 15.8. The molecule has 9 heteroatoms. The molecule has 0 aliphatic heterocycles. The van der Waals surface area contributed by atoms with E-state index in [0.717, 1.165) is 18.0 Å². The molecule has 128 valence electrons. The van der Waals surface area contributed by atoms with Crippen molar-refractivity contribution >= 4 is 52.9 Å². The average Bonchev–Trinajstić information content (AvgIpc) is 3.16. The Morgan fingerprint density at radius 1 is 1.48 bits per heavy atom. The van der Waals surface area contributed by atoms with Crippen molar-refractivity contribution in [3.05, 3.63) is 39.8 Å². The number of aliphatic hydroxyl groups is 1. The molecule has 0 bridgehead atoms. The molecule has 2 rings (SSSR count). The van der Waals surface area contributed by atoms with Crippen molar-refractivity contribution in [2.75, 3.05) is 19.6 Å². The minimum absolute atomic E-state index is 0. The summed E-state index contributed by atoms with van der Waals surface area (Å²) in [6, 6.07) is 5.50. The van der Waals surface area contributed by atoms with Gasteiger partial charge in [0.2, 0.25) is 0 Å². The SMILES string of the molecule is CCNC(=NCC(O)c1ccc(Cl)s1)NCCn1cccn1.I. The number of halogens is 2. The number of nitrogens with zero attached hydrogens (tertiary/aromatic N) is 3. The van der Waals surface area contributed by atoms with Crippen molar-refractivity contribution in [3.8, 4) is 0 Å². The van der Waals surface area contributed by atoms with E-state index < -0.39 is 6.10 Å². The quantitative estimate of drug-likeness (QED) is 0.331. The van der Waals surface area contributed by atoms with Gasteiger partial charge in [-0.05, 0) is 25.1 Å². The molecule has 23 heavy (non-hydrogen) atoms. The predicted molar refractivity (Wildman–Crippen MR) is 106 cm³/mol. The zero-order valence-electron chi connectivity index (χ0n) is 12.8. The van der Waals surface area contributed by atoms with Gasteiger partial charge in [0, 0.05) is 30.4 Å². The average molecular weight is 470 g/mol. The molecule has 1 atom stereocenters.